The van der Waals surface area contributed by atoms with Crippen LogP contribution in [0.4, 0.5) is 0 Å². The lowest BCUT2D eigenvalue weighted by atomic mass is 9.97. The van der Waals surface area contributed by atoms with E-state index in [9.17, 15) is 10.1 Å². The second-order valence-electron chi connectivity index (χ2n) is 6.08. The van der Waals surface area contributed by atoms with E-state index in [0.717, 1.165) is 28.0 Å². The normalized spacial score (nSPS) is 16.1. The number of carbonyl (C=O) groups is 1. The predicted octanol–water partition coefficient (Wildman–Crippen LogP) is 3.46. The summed E-state index contributed by atoms with van der Waals surface area (Å²) in [6, 6.07) is 21.5. The topological polar surface area (TPSA) is 62.1 Å². The summed E-state index contributed by atoms with van der Waals surface area (Å²) in [5, 5.41) is 12.8. The van der Waals surface area contributed by atoms with Crippen LogP contribution in [0.15, 0.2) is 83.0 Å². The minimum Gasteiger partial charge on any atom is -0.380 e. The molecule has 0 saturated carbocycles. The Balaban J connectivity index is 2.04. The highest BCUT2D eigenvalue weighted by molar-refractivity contribution is 6.21. The molecule has 0 unspecified atom stereocenters. The quantitative estimate of drug-likeness (QED) is 0.927. The molecule has 126 valence electrons. The van der Waals surface area contributed by atoms with Crippen molar-refractivity contribution >= 4 is 17.2 Å². The second kappa shape index (κ2) is 6.47. The van der Waals surface area contributed by atoms with E-state index in [-0.39, 0.29) is 12.5 Å². The Morgan fingerprint density at radius 1 is 0.923 bits per heavy atom. The van der Waals surface area contributed by atoms with E-state index in [2.05, 4.69) is 11.4 Å². The zero-order chi connectivity index (χ0) is 18.1. The van der Waals surface area contributed by atoms with Gasteiger partial charge in [0.2, 0.25) is 0 Å². The first-order chi connectivity index (χ1) is 12.8. The molecule has 0 spiro atoms. The molecule has 1 heterocycles. The monoisotopic (exact) mass is 340 g/mol. The molecule has 2 aromatic carbocycles. The number of benzene rings is 2. The Morgan fingerprint density at radius 2 is 1.54 bits per heavy atom. The predicted molar refractivity (Wildman–Crippen MR) is 99.4 cm³/mol. The van der Waals surface area contributed by atoms with Gasteiger partial charge >= 0.3 is 0 Å². The van der Waals surface area contributed by atoms with Crippen LogP contribution in [0.25, 0.3) is 11.3 Å². The van der Waals surface area contributed by atoms with Crippen LogP contribution in [0.2, 0.25) is 0 Å². The standard InChI is InChI=1S/C22H16N2O2/c1-26-13-17-16(12-23)18(14-8-4-2-5-9-14)20-19(17)21(24-22(20)25)15-10-6-3-7-11-15/h2-11H,13H2,1H3,(H,24,25). The molecular formula is C22H16N2O2. The molecule has 1 N–H and O–H groups in total. The summed E-state index contributed by atoms with van der Waals surface area (Å²) in [5.41, 5.74) is 5.76. The van der Waals surface area contributed by atoms with Gasteiger partial charge in [-0.25, -0.2) is 0 Å². The van der Waals surface area contributed by atoms with Crippen molar-refractivity contribution in [3.8, 4) is 6.07 Å². The van der Waals surface area contributed by atoms with E-state index < -0.39 is 0 Å². The Labute approximate surface area is 151 Å². The molecule has 1 aliphatic heterocycles. The Kier molecular flexibility index (Phi) is 4.00. The average molecular weight is 340 g/mol. The van der Waals surface area contributed by atoms with E-state index in [1.165, 1.54) is 0 Å². The summed E-state index contributed by atoms with van der Waals surface area (Å²) in [5.74, 6) is -0.184. The van der Waals surface area contributed by atoms with Crippen LogP contribution < -0.4 is 5.32 Å². The lowest BCUT2D eigenvalue weighted by Crippen LogP contribution is -2.16. The highest BCUT2D eigenvalue weighted by atomic mass is 16.5. The van der Waals surface area contributed by atoms with Crippen LogP contribution in [0.3, 0.4) is 0 Å². The number of hydrogen-bond donors (Lipinski definition) is 1. The molecular weight excluding hydrogens is 324 g/mol. The molecule has 0 aromatic heterocycles. The van der Waals surface area contributed by atoms with Gasteiger partial charge in [-0.15, -0.1) is 0 Å². The van der Waals surface area contributed by atoms with Gasteiger partial charge < -0.3 is 10.1 Å². The third-order valence-electron chi connectivity index (χ3n) is 4.59. The van der Waals surface area contributed by atoms with Gasteiger partial charge in [0.15, 0.2) is 0 Å². The zero-order valence-corrected chi connectivity index (χ0v) is 14.2. The molecule has 26 heavy (non-hydrogen) atoms. The largest absolute Gasteiger partial charge is 0.380 e. The second-order valence-corrected chi connectivity index (χ2v) is 6.08. The van der Waals surface area contributed by atoms with Gasteiger partial charge in [0.25, 0.3) is 5.91 Å². The molecule has 2 aliphatic rings. The molecule has 0 radical (unpaired) electrons. The number of rotatable bonds is 4. The molecule has 1 amide bonds. The van der Waals surface area contributed by atoms with Crippen molar-refractivity contribution in [2.24, 2.45) is 0 Å². The fourth-order valence-corrected chi connectivity index (χ4v) is 3.55. The molecule has 0 saturated heterocycles. The van der Waals surface area contributed by atoms with Gasteiger partial charge in [-0.2, -0.15) is 5.26 Å². The number of ether oxygens (including phenoxy) is 1. The molecule has 0 bridgehead atoms. The third kappa shape index (κ3) is 2.38. The highest BCUT2D eigenvalue weighted by Crippen LogP contribution is 2.47. The van der Waals surface area contributed by atoms with Crippen molar-refractivity contribution in [1.29, 1.82) is 5.26 Å². The Bertz CT molecular complexity index is 1020. The minimum atomic E-state index is -0.184. The summed E-state index contributed by atoms with van der Waals surface area (Å²) < 4.78 is 5.36. The van der Waals surface area contributed by atoms with Crippen LogP contribution >= 0.6 is 0 Å². The van der Waals surface area contributed by atoms with Gasteiger partial charge in [0.1, 0.15) is 6.07 Å². The fourth-order valence-electron chi connectivity index (χ4n) is 3.55. The van der Waals surface area contributed by atoms with E-state index in [1.807, 2.05) is 60.7 Å². The van der Waals surface area contributed by atoms with Gasteiger partial charge in [-0.05, 0) is 11.1 Å². The van der Waals surface area contributed by atoms with E-state index in [4.69, 9.17) is 4.74 Å². The van der Waals surface area contributed by atoms with Crippen molar-refractivity contribution in [1.82, 2.24) is 5.32 Å². The molecule has 4 nitrogen and oxygen atoms in total. The summed E-state index contributed by atoms with van der Waals surface area (Å²) in [6.45, 7) is 0.267. The third-order valence-corrected chi connectivity index (χ3v) is 4.59. The first-order valence-corrected chi connectivity index (χ1v) is 8.30. The van der Waals surface area contributed by atoms with Gasteiger partial charge in [-0.3, -0.25) is 4.79 Å². The van der Waals surface area contributed by atoms with Crippen LogP contribution in [0.1, 0.15) is 11.1 Å². The summed E-state index contributed by atoms with van der Waals surface area (Å²) >= 11 is 0. The number of amides is 1. The van der Waals surface area contributed by atoms with Gasteiger partial charge in [-0.1, -0.05) is 60.7 Å². The molecule has 1 aliphatic carbocycles. The average Bonchev–Trinajstić information content (AvgIpc) is 3.19. The maximum absolute atomic E-state index is 12.8. The Morgan fingerprint density at radius 3 is 2.12 bits per heavy atom. The van der Waals surface area contributed by atoms with Crippen molar-refractivity contribution in [2.45, 2.75) is 0 Å². The summed E-state index contributed by atoms with van der Waals surface area (Å²) in [7, 11) is 1.59. The molecule has 0 atom stereocenters. The summed E-state index contributed by atoms with van der Waals surface area (Å²) in [4.78, 5) is 12.8. The molecule has 4 rings (SSSR count). The maximum Gasteiger partial charge on any atom is 0.257 e. The lowest BCUT2D eigenvalue weighted by molar-refractivity contribution is -0.115. The Hall–Kier alpha value is -3.42. The smallest absolute Gasteiger partial charge is 0.257 e. The number of fused-ring (bicyclic) bond motifs is 1. The SMILES string of the molecule is COCC1=C(C#N)C(c2ccccc2)=C2C(=O)NC(c3ccccc3)=C12. The van der Waals surface area contributed by atoms with E-state index in [1.54, 1.807) is 7.11 Å². The molecule has 4 heteroatoms. The number of hydrogen-bond acceptors (Lipinski definition) is 3. The van der Waals surface area contributed by atoms with Crippen molar-refractivity contribution in [3.05, 3.63) is 94.1 Å². The van der Waals surface area contributed by atoms with Crippen molar-refractivity contribution in [3.63, 3.8) is 0 Å². The van der Waals surface area contributed by atoms with Crippen LogP contribution in [0, 0.1) is 11.3 Å². The number of allylic oxidation sites excluding steroid dienone is 2. The number of methoxy groups -OCH3 is 1. The number of nitriles is 1. The first kappa shape index (κ1) is 16.1. The zero-order valence-electron chi connectivity index (χ0n) is 14.2. The van der Waals surface area contributed by atoms with E-state index in [0.29, 0.717) is 16.7 Å². The number of carbonyl (C=O) groups excluding carboxylic acids is 1. The number of nitrogens with one attached hydrogen (secondary N) is 1. The van der Waals surface area contributed by atoms with Crippen molar-refractivity contribution < 1.29 is 9.53 Å². The minimum absolute atomic E-state index is 0.184. The van der Waals surface area contributed by atoms with E-state index >= 15 is 0 Å². The van der Waals surface area contributed by atoms with Gasteiger partial charge in [0.05, 0.1) is 23.5 Å². The van der Waals surface area contributed by atoms with Gasteiger partial charge in [0, 0.05) is 23.8 Å². The lowest BCUT2D eigenvalue weighted by Gasteiger charge is -2.09. The van der Waals surface area contributed by atoms with Crippen LogP contribution in [-0.2, 0) is 9.53 Å². The maximum atomic E-state index is 12.8. The van der Waals surface area contributed by atoms with Crippen LogP contribution in [0.5, 0.6) is 0 Å². The molecule has 2 aromatic rings. The summed E-state index contributed by atoms with van der Waals surface area (Å²) in [6.07, 6.45) is 0. The highest BCUT2D eigenvalue weighted by Gasteiger charge is 2.40. The van der Waals surface area contributed by atoms with Crippen LogP contribution in [-0.4, -0.2) is 19.6 Å². The first-order valence-electron chi connectivity index (χ1n) is 8.30. The van der Waals surface area contributed by atoms with Crippen molar-refractivity contribution in [2.75, 3.05) is 13.7 Å². The number of nitrogens with zero attached hydrogens (tertiary/aromatic N) is 1. The molecule has 0 fully saturated rings. The fraction of sp³-hybridized carbons (Fsp3) is 0.0909.